The number of benzene rings is 1. The van der Waals surface area contributed by atoms with Crippen molar-refractivity contribution in [2.45, 2.75) is 62.9 Å². The van der Waals surface area contributed by atoms with Gasteiger partial charge in [0.25, 0.3) is 5.91 Å². The molecule has 2 heterocycles. The highest BCUT2D eigenvalue weighted by atomic mass is 19.4. The zero-order valence-corrected chi connectivity index (χ0v) is 19.2. The van der Waals surface area contributed by atoms with Gasteiger partial charge in [-0.15, -0.1) is 0 Å². The Kier molecular flexibility index (Phi) is 7.73. The Balaban J connectivity index is 1.44. The minimum absolute atomic E-state index is 0.0718. The van der Waals surface area contributed by atoms with Gasteiger partial charge in [0, 0.05) is 18.6 Å². The fraction of sp³-hybridized carbons (Fsp3) is 0.520. The summed E-state index contributed by atoms with van der Waals surface area (Å²) in [7, 11) is 0. The third-order valence-electron chi connectivity index (χ3n) is 6.26. The summed E-state index contributed by atoms with van der Waals surface area (Å²) in [5.74, 6) is 0.710. The maximum atomic E-state index is 12.8. The van der Waals surface area contributed by atoms with Crippen LogP contribution in [0.25, 0.3) is 0 Å². The van der Waals surface area contributed by atoms with Crippen molar-refractivity contribution >= 4 is 5.91 Å². The standard InChI is InChI=1S/C25H31F3N4O2/c1-16(31-15-25(26,27)28)23(19-8-6-18(7-9-19)17-4-5-17)34-21-10-11-22(30-14-21)24(33)32-20-3-2-12-29-13-20/h6-11,14,16-17,20,23,29,31H,2-5,12-13,15H2,1H3,(H,32,33)/t16-,20-,23-/m0/s1. The Morgan fingerprint density at radius 3 is 2.53 bits per heavy atom. The van der Waals surface area contributed by atoms with Crippen LogP contribution in [0.1, 0.15) is 66.2 Å². The van der Waals surface area contributed by atoms with Crippen LogP contribution in [0.15, 0.2) is 42.6 Å². The maximum Gasteiger partial charge on any atom is 0.401 e. The Morgan fingerprint density at radius 2 is 1.94 bits per heavy atom. The van der Waals surface area contributed by atoms with E-state index in [9.17, 15) is 18.0 Å². The van der Waals surface area contributed by atoms with Crippen molar-refractivity contribution in [1.82, 2.24) is 20.9 Å². The highest BCUT2D eigenvalue weighted by Gasteiger charge is 2.31. The summed E-state index contributed by atoms with van der Waals surface area (Å²) in [5, 5.41) is 8.74. The van der Waals surface area contributed by atoms with Crippen molar-refractivity contribution < 1.29 is 22.7 Å². The van der Waals surface area contributed by atoms with Crippen LogP contribution in [0.5, 0.6) is 5.75 Å². The number of halogens is 3. The predicted molar refractivity (Wildman–Crippen MR) is 123 cm³/mol. The molecule has 3 N–H and O–H groups in total. The lowest BCUT2D eigenvalue weighted by Crippen LogP contribution is -2.45. The van der Waals surface area contributed by atoms with Gasteiger partial charge in [-0.3, -0.25) is 4.79 Å². The van der Waals surface area contributed by atoms with Crippen LogP contribution in [0.2, 0.25) is 0 Å². The van der Waals surface area contributed by atoms with Gasteiger partial charge in [0.15, 0.2) is 0 Å². The van der Waals surface area contributed by atoms with Crippen LogP contribution in [-0.2, 0) is 0 Å². The van der Waals surface area contributed by atoms with Gasteiger partial charge in [0.05, 0.1) is 12.7 Å². The molecule has 3 atom stereocenters. The molecule has 1 saturated carbocycles. The van der Waals surface area contributed by atoms with Crippen LogP contribution in [0, 0.1) is 0 Å². The second-order valence-electron chi connectivity index (χ2n) is 9.16. The molecule has 9 heteroatoms. The maximum absolute atomic E-state index is 12.8. The summed E-state index contributed by atoms with van der Waals surface area (Å²) >= 11 is 0. The molecule has 1 saturated heterocycles. The molecule has 34 heavy (non-hydrogen) atoms. The average molecular weight is 477 g/mol. The van der Waals surface area contributed by atoms with Gasteiger partial charge in [-0.2, -0.15) is 13.2 Å². The molecule has 2 fully saturated rings. The monoisotopic (exact) mass is 476 g/mol. The summed E-state index contributed by atoms with van der Waals surface area (Å²) in [5.41, 5.74) is 2.29. The third kappa shape index (κ3) is 6.93. The van der Waals surface area contributed by atoms with E-state index in [1.165, 1.54) is 24.6 Å². The fourth-order valence-corrected chi connectivity index (χ4v) is 4.18. The highest BCUT2D eigenvalue weighted by Crippen LogP contribution is 2.40. The Labute approximate surface area is 197 Å². The van der Waals surface area contributed by atoms with Crippen molar-refractivity contribution in [3.05, 3.63) is 59.4 Å². The molecule has 1 aromatic heterocycles. The zero-order valence-electron chi connectivity index (χ0n) is 19.2. The largest absolute Gasteiger partial charge is 0.482 e. The Bertz CT molecular complexity index is 940. The van der Waals surface area contributed by atoms with Crippen LogP contribution in [0.4, 0.5) is 13.2 Å². The molecule has 1 aliphatic carbocycles. The first-order valence-corrected chi connectivity index (χ1v) is 11.8. The van der Waals surface area contributed by atoms with Crippen molar-refractivity contribution in [2.75, 3.05) is 19.6 Å². The topological polar surface area (TPSA) is 75.3 Å². The van der Waals surface area contributed by atoms with Gasteiger partial charge in [0.1, 0.15) is 17.5 Å². The summed E-state index contributed by atoms with van der Waals surface area (Å²) in [6.07, 6.45) is 0.732. The van der Waals surface area contributed by atoms with Gasteiger partial charge in [-0.1, -0.05) is 24.3 Å². The first-order valence-electron chi connectivity index (χ1n) is 11.8. The van der Waals surface area contributed by atoms with E-state index < -0.39 is 24.9 Å². The van der Waals surface area contributed by atoms with Crippen LogP contribution in [0.3, 0.4) is 0 Å². The molecule has 0 spiro atoms. The number of piperidine rings is 1. The molecule has 184 valence electrons. The molecule has 0 bridgehead atoms. The normalized spacial score (nSPS) is 20.4. The van der Waals surface area contributed by atoms with Gasteiger partial charge in [-0.05, 0) is 68.3 Å². The number of nitrogens with zero attached hydrogens (tertiary/aromatic N) is 1. The minimum Gasteiger partial charge on any atom is -0.482 e. The summed E-state index contributed by atoms with van der Waals surface area (Å²) in [6.45, 7) is 2.24. The van der Waals surface area contributed by atoms with Crippen molar-refractivity contribution in [2.24, 2.45) is 0 Å². The lowest BCUT2D eigenvalue weighted by Gasteiger charge is -2.27. The van der Waals surface area contributed by atoms with E-state index in [2.05, 4.69) is 20.9 Å². The second-order valence-corrected chi connectivity index (χ2v) is 9.16. The lowest BCUT2D eigenvalue weighted by molar-refractivity contribution is -0.127. The molecular formula is C25H31F3N4O2. The van der Waals surface area contributed by atoms with E-state index in [1.54, 1.807) is 19.1 Å². The summed E-state index contributed by atoms with van der Waals surface area (Å²) < 4.78 is 44.5. The Morgan fingerprint density at radius 1 is 1.18 bits per heavy atom. The first-order chi connectivity index (χ1) is 16.3. The summed E-state index contributed by atoms with van der Waals surface area (Å²) in [4.78, 5) is 16.7. The lowest BCUT2D eigenvalue weighted by atomic mass is 10.00. The quantitative estimate of drug-likeness (QED) is 0.508. The van der Waals surface area contributed by atoms with Gasteiger partial charge < -0.3 is 20.7 Å². The number of ether oxygens (including phenoxy) is 1. The molecule has 6 nitrogen and oxygen atoms in total. The number of nitrogens with one attached hydrogen (secondary N) is 3. The molecular weight excluding hydrogens is 445 g/mol. The molecule has 1 aliphatic heterocycles. The number of alkyl halides is 3. The third-order valence-corrected chi connectivity index (χ3v) is 6.26. The van der Waals surface area contributed by atoms with E-state index in [4.69, 9.17) is 4.74 Å². The summed E-state index contributed by atoms with van der Waals surface area (Å²) in [6, 6.07) is 10.5. The van der Waals surface area contributed by atoms with Gasteiger partial charge >= 0.3 is 6.18 Å². The van der Waals surface area contributed by atoms with E-state index >= 15 is 0 Å². The molecule has 0 radical (unpaired) electrons. The average Bonchev–Trinajstić information content (AvgIpc) is 3.67. The molecule has 2 aliphatic rings. The van der Waals surface area contributed by atoms with Crippen LogP contribution < -0.4 is 20.7 Å². The first kappa shape index (κ1) is 24.5. The number of rotatable bonds is 9. The number of pyridine rings is 1. The fourth-order valence-electron chi connectivity index (χ4n) is 4.18. The SMILES string of the molecule is C[C@H](NCC(F)(F)F)[C@H](Oc1ccc(C(=O)N[C@H]2CCCNC2)nc1)c1ccc(C2CC2)cc1. The van der Waals surface area contributed by atoms with Crippen molar-refractivity contribution in [1.29, 1.82) is 0 Å². The molecule has 1 amide bonds. The molecule has 2 aromatic rings. The van der Waals surface area contributed by atoms with E-state index in [0.29, 0.717) is 11.7 Å². The number of hydrogen-bond donors (Lipinski definition) is 3. The van der Waals surface area contributed by atoms with Gasteiger partial charge in [-0.25, -0.2) is 4.98 Å². The number of aromatic nitrogens is 1. The predicted octanol–water partition coefficient (Wildman–Crippen LogP) is 4.10. The number of carbonyl (C=O) groups is 1. The van der Waals surface area contributed by atoms with E-state index in [-0.39, 0.29) is 17.6 Å². The number of hydrogen-bond acceptors (Lipinski definition) is 5. The molecule has 0 unspecified atom stereocenters. The number of amides is 1. The molecule has 4 rings (SSSR count). The van der Waals surface area contributed by atoms with Crippen LogP contribution >= 0.6 is 0 Å². The van der Waals surface area contributed by atoms with E-state index in [1.807, 2.05) is 24.3 Å². The Hall–Kier alpha value is -2.65. The number of carbonyl (C=O) groups excluding carboxylic acids is 1. The minimum atomic E-state index is -4.32. The van der Waals surface area contributed by atoms with Crippen LogP contribution in [-0.4, -0.2) is 48.8 Å². The van der Waals surface area contributed by atoms with Crippen molar-refractivity contribution in [3.63, 3.8) is 0 Å². The highest BCUT2D eigenvalue weighted by molar-refractivity contribution is 5.92. The zero-order chi connectivity index (χ0) is 24.1. The molecule has 1 aromatic carbocycles. The van der Waals surface area contributed by atoms with Gasteiger partial charge in [0.2, 0.25) is 0 Å². The van der Waals surface area contributed by atoms with Crippen molar-refractivity contribution in [3.8, 4) is 5.75 Å². The smallest absolute Gasteiger partial charge is 0.401 e. The van der Waals surface area contributed by atoms with E-state index in [0.717, 1.165) is 31.5 Å². The second kappa shape index (κ2) is 10.7.